The van der Waals surface area contributed by atoms with Crippen molar-refractivity contribution in [1.29, 1.82) is 0 Å². The largest absolute Gasteiger partial charge is 0.458 e. The summed E-state index contributed by atoms with van der Waals surface area (Å²) in [5.41, 5.74) is 0. The molecule has 0 aliphatic heterocycles. The molecule has 0 saturated carbocycles. The van der Waals surface area contributed by atoms with Gasteiger partial charge in [0.1, 0.15) is 6.10 Å². The highest BCUT2D eigenvalue weighted by atomic mass is 16.5. The molecular weight excluding hydrogens is 156 g/mol. The maximum Gasteiger partial charge on any atom is 0.303 e. The molecule has 0 aromatic rings. The molecule has 0 unspecified atom stereocenters. The molecule has 0 amide bonds. The first-order valence-electron chi connectivity index (χ1n) is 4.22. The number of hydrogen-bond acceptors (Lipinski definition) is 3. The molecule has 0 spiro atoms. The molecule has 0 saturated heterocycles. The van der Waals surface area contributed by atoms with Crippen molar-refractivity contribution in [2.75, 3.05) is 0 Å². The molecule has 0 bridgehead atoms. The van der Waals surface area contributed by atoms with Gasteiger partial charge in [-0.1, -0.05) is 6.08 Å². The molecule has 12 heavy (non-hydrogen) atoms. The van der Waals surface area contributed by atoms with Gasteiger partial charge in [-0.2, -0.15) is 0 Å². The number of ether oxygens (including phenoxy) is 1. The number of aliphatic hydroxyl groups excluding tert-OH is 1. The van der Waals surface area contributed by atoms with Gasteiger partial charge in [-0.3, -0.25) is 4.79 Å². The number of esters is 1. The van der Waals surface area contributed by atoms with Gasteiger partial charge >= 0.3 is 5.97 Å². The zero-order chi connectivity index (χ0) is 8.97. The molecule has 3 heteroatoms. The van der Waals surface area contributed by atoms with E-state index in [0.29, 0.717) is 0 Å². The predicted octanol–water partition coefficient (Wildman–Crippen LogP) is 1.02. The number of hydrogen-bond donors (Lipinski definition) is 1. The second kappa shape index (κ2) is 4.26. The van der Waals surface area contributed by atoms with Crippen LogP contribution in [0.5, 0.6) is 0 Å². The lowest BCUT2D eigenvalue weighted by Crippen LogP contribution is -2.12. The number of carbonyl (C=O) groups excluding carboxylic acids is 1. The maximum absolute atomic E-state index is 10.6. The van der Waals surface area contributed by atoms with Crippen molar-refractivity contribution in [2.45, 2.75) is 38.4 Å². The fraction of sp³-hybridized carbons (Fsp3) is 0.667. The Balaban J connectivity index is 2.43. The molecule has 68 valence electrons. The Kier molecular flexibility index (Phi) is 3.29. The lowest BCUT2D eigenvalue weighted by molar-refractivity contribution is -0.144. The van der Waals surface area contributed by atoms with Crippen molar-refractivity contribution >= 4 is 5.97 Å². The number of carbonyl (C=O) groups is 1. The SMILES string of the molecule is CC(=O)O[C@H]1C=C[C@@H](O)CCC1. The van der Waals surface area contributed by atoms with Crippen LogP contribution < -0.4 is 0 Å². The Hall–Kier alpha value is -0.830. The normalized spacial score (nSPS) is 29.5. The van der Waals surface area contributed by atoms with Crippen LogP contribution in [0.4, 0.5) is 0 Å². The van der Waals surface area contributed by atoms with Crippen LogP contribution in [0.1, 0.15) is 26.2 Å². The minimum atomic E-state index is -0.370. The fourth-order valence-electron chi connectivity index (χ4n) is 1.28. The molecule has 0 aromatic heterocycles. The molecule has 0 aromatic carbocycles. The van der Waals surface area contributed by atoms with Crippen molar-refractivity contribution in [3.8, 4) is 0 Å². The summed E-state index contributed by atoms with van der Waals surface area (Å²) in [7, 11) is 0. The van der Waals surface area contributed by atoms with Crippen molar-refractivity contribution in [3.05, 3.63) is 12.2 Å². The van der Waals surface area contributed by atoms with Crippen LogP contribution in [0.3, 0.4) is 0 Å². The van der Waals surface area contributed by atoms with Crippen LogP contribution in [-0.2, 0) is 9.53 Å². The molecule has 1 N–H and O–H groups in total. The minimum Gasteiger partial charge on any atom is -0.458 e. The third-order valence-electron chi connectivity index (χ3n) is 1.85. The van der Waals surface area contributed by atoms with Crippen molar-refractivity contribution < 1.29 is 14.6 Å². The first-order valence-corrected chi connectivity index (χ1v) is 4.22. The summed E-state index contributed by atoms with van der Waals surface area (Å²) in [6, 6.07) is 0. The van der Waals surface area contributed by atoms with Crippen LogP contribution in [0.15, 0.2) is 12.2 Å². The first-order chi connectivity index (χ1) is 5.68. The molecule has 0 fully saturated rings. The molecule has 3 nitrogen and oxygen atoms in total. The van der Waals surface area contributed by atoms with Crippen molar-refractivity contribution in [3.63, 3.8) is 0 Å². The standard InChI is InChI=1S/C9H14O3/c1-7(10)12-9-4-2-3-8(11)5-6-9/h5-6,8-9,11H,2-4H2,1H3/t8-,9+/m0/s1. The first kappa shape index (κ1) is 9.26. The van der Waals surface area contributed by atoms with Gasteiger partial charge in [0.05, 0.1) is 6.10 Å². The zero-order valence-corrected chi connectivity index (χ0v) is 7.19. The molecule has 1 rings (SSSR count). The highest BCUT2D eigenvalue weighted by Crippen LogP contribution is 2.14. The van der Waals surface area contributed by atoms with Crippen LogP contribution in [0.25, 0.3) is 0 Å². The maximum atomic E-state index is 10.6. The Morgan fingerprint density at radius 1 is 1.50 bits per heavy atom. The molecular formula is C9H14O3. The van der Waals surface area contributed by atoms with Crippen LogP contribution in [0.2, 0.25) is 0 Å². The summed E-state index contributed by atoms with van der Waals surface area (Å²) < 4.78 is 4.98. The van der Waals surface area contributed by atoms with Crippen LogP contribution in [0, 0.1) is 0 Å². The van der Waals surface area contributed by atoms with Gasteiger partial charge in [-0.05, 0) is 25.3 Å². The average molecular weight is 170 g/mol. The van der Waals surface area contributed by atoms with Gasteiger partial charge in [-0.25, -0.2) is 0 Å². The highest BCUT2D eigenvalue weighted by molar-refractivity contribution is 5.66. The summed E-state index contributed by atoms with van der Waals surface area (Å²) in [5.74, 6) is -0.263. The fourth-order valence-corrected chi connectivity index (χ4v) is 1.28. The summed E-state index contributed by atoms with van der Waals surface area (Å²) in [5, 5.41) is 9.21. The van der Waals surface area contributed by atoms with E-state index >= 15 is 0 Å². The monoisotopic (exact) mass is 170 g/mol. The van der Waals surface area contributed by atoms with Crippen LogP contribution >= 0.6 is 0 Å². The lowest BCUT2D eigenvalue weighted by Gasteiger charge is -2.09. The highest BCUT2D eigenvalue weighted by Gasteiger charge is 2.13. The summed E-state index contributed by atoms with van der Waals surface area (Å²) in [4.78, 5) is 10.6. The summed E-state index contributed by atoms with van der Waals surface area (Å²) >= 11 is 0. The van der Waals surface area contributed by atoms with Crippen molar-refractivity contribution in [1.82, 2.24) is 0 Å². The topological polar surface area (TPSA) is 46.5 Å². The smallest absolute Gasteiger partial charge is 0.303 e. The molecule has 1 aliphatic rings. The quantitative estimate of drug-likeness (QED) is 0.472. The van der Waals surface area contributed by atoms with Gasteiger partial charge < -0.3 is 9.84 Å². The number of rotatable bonds is 1. The van der Waals surface area contributed by atoms with E-state index < -0.39 is 0 Å². The van der Waals surface area contributed by atoms with E-state index in [-0.39, 0.29) is 18.2 Å². The van der Waals surface area contributed by atoms with E-state index in [4.69, 9.17) is 4.74 Å². The Labute approximate surface area is 72.0 Å². The van der Waals surface area contributed by atoms with Gasteiger partial charge in [-0.15, -0.1) is 0 Å². The second-order valence-electron chi connectivity index (χ2n) is 3.03. The lowest BCUT2D eigenvalue weighted by atomic mass is 10.2. The zero-order valence-electron chi connectivity index (χ0n) is 7.19. The Morgan fingerprint density at radius 2 is 2.25 bits per heavy atom. The van der Waals surface area contributed by atoms with E-state index in [0.717, 1.165) is 19.3 Å². The number of aliphatic hydroxyl groups is 1. The average Bonchev–Trinajstić information content (AvgIpc) is 2.15. The van der Waals surface area contributed by atoms with Crippen molar-refractivity contribution in [2.24, 2.45) is 0 Å². The van der Waals surface area contributed by atoms with E-state index in [9.17, 15) is 9.90 Å². The third-order valence-corrected chi connectivity index (χ3v) is 1.85. The Bertz CT molecular complexity index is 186. The molecule has 2 atom stereocenters. The summed E-state index contributed by atoms with van der Waals surface area (Å²) in [6.07, 6.45) is 5.41. The van der Waals surface area contributed by atoms with E-state index in [1.165, 1.54) is 6.92 Å². The van der Waals surface area contributed by atoms with E-state index in [1.54, 1.807) is 12.2 Å². The predicted molar refractivity (Wildman–Crippen MR) is 44.6 cm³/mol. The van der Waals surface area contributed by atoms with Gasteiger partial charge in [0.25, 0.3) is 0 Å². The third kappa shape index (κ3) is 3.05. The second-order valence-corrected chi connectivity index (χ2v) is 3.03. The van der Waals surface area contributed by atoms with E-state index in [2.05, 4.69) is 0 Å². The molecule has 0 heterocycles. The summed E-state index contributed by atoms with van der Waals surface area (Å²) in [6.45, 7) is 1.40. The van der Waals surface area contributed by atoms with Gasteiger partial charge in [0, 0.05) is 6.92 Å². The van der Waals surface area contributed by atoms with Gasteiger partial charge in [0.15, 0.2) is 0 Å². The van der Waals surface area contributed by atoms with E-state index in [1.807, 2.05) is 0 Å². The Morgan fingerprint density at radius 3 is 2.92 bits per heavy atom. The van der Waals surface area contributed by atoms with Gasteiger partial charge in [0.2, 0.25) is 0 Å². The molecule has 0 radical (unpaired) electrons. The van der Waals surface area contributed by atoms with Crippen LogP contribution in [-0.4, -0.2) is 23.3 Å². The minimum absolute atomic E-state index is 0.139. The molecule has 1 aliphatic carbocycles.